The first kappa shape index (κ1) is 18.0. The Morgan fingerprint density at radius 2 is 1.63 bits per heavy atom. The molecule has 10 heteroatoms. The van der Waals surface area contributed by atoms with Crippen molar-refractivity contribution in [2.75, 3.05) is 7.11 Å². The molecule has 0 spiro atoms. The summed E-state index contributed by atoms with van der Waals surface area (Å²) in [5.41, 5.74) is 1.48. The Labute approximate surface area is 173 Å². The lowest BCUT2D eigenvalue weighted by Gasteiger charge is -2.10. The molecule has 9 nitrogen and oxygen atoms in total. The minimum absolute atomic E-state index is 0.249. The molecule has 0 aliphatic heterocycles. The molecule has 0 unspecified atom stereocenters. The number of rotatable bonds is 4. The molecule has 4 aromatic heterocycles. The second-order valence-corrected chi connectivity index (χ2v) is 7.12. The van der Waals surface area contributed by atoms with E-state index >= 15 is 0 Å². The summed E-state index contributed by atoms with van der Waals surface area (Å²) in [5, 5.41) is 0.586. The van der Waals surface area contributed by atoms with Crippen molar-refractivity contribution in [1.82, 2.24) is 34.5 Å². The maximum Gasteiger partial charge on any atom is 0.316 e. The van der Waals surface area contributed by atoms with E-state index in [1.54, 1.807) is 30.9 Å². The molecule has 0 fully saturated rings. The van der Waals surface area contributed by atoms with Gasteiger partial charge in [-0.3, -0.25) is 4.79 Å². The topological polar surface area (TPSA) is 109 Å². The number of thiazole rings is 1. The Kier molecular flexibility index (Phi) is 4.45. The van der Waals surface area contributed by atoms with Crippen LogP contribution in [0.5, 0.6) is 6.01 Å². The number of ether oxygens (including phenoxy) is 1. The second kappa shape index (κ2) is 7.41. The lowest BCUT2D eigenvalue weighted by atomic mass is 10.2. The Hall–Kier alpha value is -4.05. The van der Waals surface area contributed by atoms with Gasteiger partial charge in [-0.2, -0.15) is 0 Å². The highest BCUT2D eigenvalue weighted by atomic mass is 32.1. The largest absolute Gasteiger partial charge is 0.467 e. The van der Waals surface area contributed by atoms with Crippen molar-refractivity contribution >= 4 is 21.7 Å². The Balaban J connectivity index is 1.76. The maximum atomic E-state index is 13.4. The number of nitrogens with zero attached hydrogens (tertiary/aromatic N) is 7. The number of hydrogen-bond donors (Lipinski definition) is 0. The van der Waals surface area contributed by atoms with E-state index in [0.717, 1.165) is 5.56 Å². The van der Waals surface area contributed by atoms with E-state index in [1.165, 1.54) is 23.0 Å². The monoisotopic (exact) mass is 415 g/mol. The van der Waals surface area contributed by atoms with Crippen LogP contribution in [0.2, 0.25) is 0 Å². The highest BCUT2D eigenvalue weighted by molar-refractivity contribution is 7.21. The van der Waals surface area contributed by atoms with Crippen LogP contribution in [-0.2, 0) is 0 Å². The van der Waals surface area contributed by atoms with Crippen LogP contribution in [0.4, 0.5) is 0 Å². The van der Waals surface area contributed by atoms with Gasteiger partial charge in [-0.05, 0) is 6.07 Å². The number of benzene rings is 1. The molecule has 4 heterocycles. The molecule has 0 bridgehead atoms. The van der Waals surface area contributed by atoms with Crippen molar-refractivity contribution in [3.8, 4) is 33.9 Å². The quantitative estimate of drug-likeness (QED) is 0.441. The molecule has 0 atom stereocenters. The number of hydrogen-bond acceptors (Lipinski definition) is 9. The van der Waals surface area contributed by atoms with Crippen LogP contribution in [0.1, 0.15) is 0 Å². The van der Waals surface area contributed by atoms with Crippen molar-refractivity contribution in [2.24, 2.45) is 0 Å². The van der Waals surface area contributed by atoms with Crippen LogP contribution < -0.4 is 10.3 Å². The first-order valence-corrected chi connectivity index (χ1v) is 9.69. The molecule has 0 N–H and O–H groups in total. The predicted octanol–water partition coefficient (Wildman–Crippen LogP) is 2.76. The average Bonchev–Trinajstić information content (AvgIpc) is 3.25. The van der Waals surface area contributed by atoms with Gasteiger partial charge < -0.3 is 4.74 Å². The van der Waals surface area contributed by atoms with Gasteiger partial charge in [0.2, 0.25) is 5.95 Å². The molecule has 0 saturated carbocycles. The lowest BCUT2D eigenvalue weighted by molar-refractivity contribution is 0.380. The van der Waals surface area contributed by atoms with Gasteiger partial charge in [0.25, 0.3) is 5.56 Å². The summed E-state index contributed by atoms with van der Waals surface area (Å²) >= 11 is 1.22. The molecule has 0 aliphatic carbocycles. The summed E-state index contributed by atoms with van der Waals surface area (Å²) < 4.78 is 6.80. The number of fused-ring (bicyclic) bond motifs is 1. The van der Waals surface area contributed by atoms with Gasteiger partial charge in [0.15, 0.2) is 11.5 Å². The summed E-state index contributed by atoms with van der Waals surface area (Å²) in [4.78, 5) is 39.4. The maximum absolute atomic E-state index is 13.4. The Bertz CT molecular complexity index is 1380. The van der Waals surface area contributed by atoms with Crippen LogP contribution in [-0.4, -0.2) is 41.6 Å². The van der Waals surface area contributed by atoms with Crippen LogP contribution in [0.25, 0.3) is 38.3 Å². The van der Waals surface area contributed by atoms with Crippen molar-refractivity contribution in [3.63, 3.8) is 0 Å². The summed E-state index contributed by atoms with van der Waals surface area (Å²) in [5.74, 6) is 0.667. The number of methoxy groups -OCH3 is 1. The fraction of sp³-hybridized carbons (Fsp3) is 0.0500. The minimum Gasteiger partial charge on any atom is -0.467 e. The van der Waals surface area contributed by atoms with Crippen LogP contribution in [0, 0.1) is 0 Å². The van der Waals surface area contributed by atoms with Crippen molar-refractivity contribution in [3.05, 3.63) is 71.5 Å². The molecule has 5 aromatic rings. The van der Waals surface area contributed by atoms with E-state index < -0.39 is 0 Å². The molecule has 146 valence electrons. The van der Waals surface area contributed by atoms with Gasteiger partial charge in [-0.15, -0.1) is 11.3 Å². The van der Waals surface area contributed by atoms with Gasteiger partial charge in [0.1, 0.15) is 9.71 Å². The fourth-order valence-electron chi connectivity index (χ4n) is 2.90. The zero-order valence-corrected chi connectivity index (χ0v) is 16.4. The molecule has 1 aromatic carbocycles. The second-order valence-electron chi connectivity index (χ2n) is 6.12. The normalized spacial score (nSPS) is 11.0. The SMILES string of the molecule is COc1ncc(-c2nc3nc(-c4ccccc4)n(-c4ncccn4)c(=O)c3s2)cn1. The fourth-order valence-corrected chi connectivity index (χ4v) is 3.81. The first-order valence-electron chi connectivity index (χ1n) is 8.87. The van der Waals surface area contributed by atoms with Crippen molar-refractivity contribution < 1.29 is 4.74 Å². The zero-order valence-electron chi connectivity index (χ0n) is 15.6. The molecule has 0 amide bonds. The first-order chi connectivity index (χ1) is 14.7. The van der Waals surface area contributed by atoms with E-state index in [1.807, 2.05) is 30.3 Å². The third-order valence-corrected chi connectivity index (χ3v) is 5.35. The minimum atomic E-state index is -0.289. The van der Waals surface area contributed by atoms with Crippen LogP contribution >= 0.6 is 11.3 Å². The summed E-state index contributed by atoms with van der Waals surface area (Å²) in [6.45, 7) is 0. The lowest BCUT2D eigenvalue weighted by Crippen LogP contribution is -2.23. The van der Waals surface area contributed by atoms with E-state index in [-0.39, 0.29) is 17.5 Å². The highest BCUT2D eigenvalue weighted by Crippen LogP contribution is 2.29. The third kappa shape index (κ3) is 3.08. The predicted molar refractivity (Wildman–Crippen MR) is 112 cm³/mol. The van der Waals surface area contributed by atoms with Crippen LogP contribution in [0.3, 0.4) is 0 Å². The van der Waals surface area contributed by atoms with Gasteiger partial charge in [-0.25, -0.2) is 34.5 Å². The Morgan fingerprint density at radius 3 is 2.33 bits per heavy atom. The van der Waals surface area contributed by atoms with E-state index in [0.29, 0.717) is 26.7 Å². The molecule has 30 heavy (non-hydrogen) atoms. The standard InChI is InChI=1S/C20H13N7O2S/c1-29-20-23-10-13(11-24-20)17-26-15-14(30-17)18(28)27(19-21-8-5-9-22-19)16(25-15)12-6-3-2-4-7-12/h2-11H,1H3. The number of aromatic nitrogens is 7. The van der Waals surface area contributed by atoms with Gasteiger partial charge in [-0.1, -0.05) is 30.3 Å². The smallest absolute Gasteiger partial charge is 0.316 e. The van der Waals surface area contributed by atoms with Gasteiger partial charge in [0.05, 0.1) is 7.11 Å². The van der Waals surface area contributed by atoms with E-state index in [2.05, 4.69) is 29.9 Å². The molecule has 0 aliphatic rings. The van der Waals surface area contributed by atoms with Gasteiger partial charge in [0, 0.05) is 35.9 Å². The zero-order chi connectivity index (χ0) is 20.5. The molecule has 0 radical (unpaired) electrons. The summed E-state index contributed by atoms with van der Waals surface area (Å²) in [7, 11) is 1.50. The molecular formula is C20H13N7O2S. The van der Waals surface area contributed by atoms with Gasteiger partial charge >= 0.3 is 6.01 Å². The summed E-state index contributed by atoms with van der Waals surface area (Å²) in [6.07, 6.45) is 6.36. The molecule has 0 saturated heterocycles. The third-order valence-electron chi connectivity index (χ3n) is 4.27. The highest BCUT2D eigenvalue weighted by Gasteiger charge is 2.20. The van der Waals surface area contributed by atoms with E-state index in [4.69, 9.17) is 4.74 Å². The average molecular weight is 415 g/mol. The Morgan fingerprint density at radius 1 is 0.900 bits per heavy atom. The summed E-state index contributed by atoms with van der Waals surface area (Å²) in [6, 6.07) is 11.3. The molecular weight excluding hydrogens is 402 g/mol. The molecule has 5 rings (SSSR count). The van der Waals surface area contributed by atoms with Crippen molar-refractivity contribution in [2.45, 2.75) is 0 Å². The van der Waals surface area contributed by atoms with E-state index in [9.17, 15) is 4.79 Å². The van der Waals surface area contributed by atoms with Crippen molar-refractivity contribution in [1.29, 1.82) is 0 Å². The van der Waals surface area contributed by atoms with Crippen LogP contribution in [0.15, 0.2) is 66.0 Å².